The molecule has 1 aliphatic rings. The number of carbonyl (C=O) groups excluding carboxylic acids is 1. The average molecular weight is 198 g/mol. The molecule has 1 fully saturated rings. The maximum Gasteiger partial charge on any atom is 0.236 e. The fourth-order valence-electron chi connectivity index (χ4n) is 1.42. The molecule has 1 aliphatic heterocycles. The van der Waals surface area contributed by atoms with Crippen molar-refractivity contribution in [1.29, 1.82) is 0 Å². The number of nitrogens with zero attached hydrogens (tertiary/aromatic N) is 2. The molecule has 0 aromatic heterocycles. The van der Waals surface area contributed by atoms with Gasteiger partial charge in [-0.05, 0) is 6.42 Å². The summed E-state index contributed by atoms with van der Waals surface area (Å²) in [7, 11) is 0. The maximum absolute atomic E-state index is 11.6. The molecule has 0 bridgehead atoms. The van der Waals surface area contributed by atoms with Gasteiger partial charge in [0.25, 0.3) is 0 Å². The molecule has 0 unspecified atom stereocenters. The standard InChI is InChI=1S/C10H18N2O2/c1-2-4-11(7-8-13)9-10(14)12-5-3-6-12/h2,13H,1,3-9H2. The van der Waals surface area contributed by atoms with Crippen LogP contribution in [0.25, 0.3) is 0 Å². The van der Waals surface area contributed by atoms with Crippen molar-refractivity contribution in [1.82, 2.24) is 9.80 Å². The number of aliphatic hydroxyl groups is 1. The molecule has 0 aromatic carbocycles. The van der Waals surface area contributed by atoms with E-state index < -0.39 is 0 Å². The molecule has 0 radical (unpaired) electrons. The summed E-state index contributed by atoms with van der Waals surface area (Å²) in [5.41, 5.74) is 0. The number of aliphatic hydroxyl groups excluding tert-OH is 1. The van der Waals surface area contributed by atoms with Crippen molar-refractivity contribution in [3.8, 4) is 0 Å². The van der Waals surface area contributed by atoms with E-state index >= 15 is 0 Å². The molecule has 0 atom stereocenters. The van der Waals surface area contributed by atoms with Gasteiger partial charge in [-0.3, -0.25) is 9.69 Å². The summed E-state index contributed by atoms with van der Waals surface area (Å²) < 4.78 is 0. The first kappa shape index (κ1) is 11.2. The van der Waals surface area contributed by atoms with Crippen molar-refractivity contribution < 1.29 is 9.90 Å². The molecule has 0 saturated carbocycles. The highest BCUT2D eigenvalue weighted by molar-refractivity contribution is 5.78. The van der Waals surface area contributed by atoms with Gasteiger partial charge in [0.15, 0.2) is 0 Å². The Balaban J connectivity index is 2.28. The summed E-state index contributed by atoms with van der Waals surface area (Å²) in [6, 6.07) is 0. The molecule has 1 amide bonds. The van der Waals surface area contributed by atoms with Crippen LogP contribution in [-0.2, 0) is 4.79 Å². The molecule has 0 aliphatic carbocycles. The van der Waals surface area contributed by atoms with Gasteiger partial charge in [-0.2, -0.15) is 0 Å². The van der Waals surface area contributed by atoms with Gasteiger partial charge < -0.3 is 10.0 Å². The Bertz CT molecular complexity index is 202. The fourth-order valence-corrected chi connectivity index (χ4v) is 1.42. The number of likely N-dealkylation sites (tertiary alicyclic amines) is 1. The first-order chi connectivity index (χ1) is 6.77. The van der Waals surface area contributed by atoms with E-state index in [9.17, 15) is 4.79 Å². The second-order valence-electron chi connectivity index (χ2n) is 3.48. The Morgan fingerprint density at radius 1 is 1.57 bits per heavy atom. The number of hydrogen-bond acceptors (Lipinski definition) is 3. The van der Waals surface area contributed by atoms with Crippen molar-refractivity contribution in [2.24, 2.45) is 0 Å². The topological polar surface area (TPSA) is 43.8 Å². The minimum Gasteiger partial charge on any atom is -0.395 e. The van der Waals surface area contributed by atoms with Gasteiger partial charge in [0.05, 0.1) is 13.2 Å². The summed E-state index contributed by atoms with van der Waals surface area (Å²) in [4.78, 5) is 15.3. The maximum atomic E-state index is 11.6. The SMILES string of the molecule is C=CCN(CCO)CC(=O)N1CCC1. The van der Waals surface area contributed by atoms with Gasteiger partial charge in [0, 0.05) is 26.2 Å². The second-order valence-corrected chi connectivity index (χ2v) is 3.48. The zero-order valence-electron chi connectivity index (χ0n) is 8.48. The lowest BCUT2D eigenvalue weighted by Crippen LogP contribution is -2.47. The van der Waals surface area contributed by atoms with Gasteiger partial charge in [-0.15, -0.1) is 6.58 Å². The summed E-state index contributed by atoms with van der Waals surface area (Å²) >= 11 is 0. The van der Waals surface area contributed by atoms with E-state index in [0.29, 0.717) is 19.6 Å². The van der Waals surface area contributed by atoms with Crippen molar-refractivity contribution >= 4 is 5.91 Å². The molecule has 0 spiro atoms. The predicted molar refractivity (Wildman–Crippen MR) is 54.9 cm³/mol. The Morgan fingerprint density at radius 2 is 2.29 bits per heavy atom. The normalized spacial score (nSPS) is 15.4. The van der Waals surface area contributed by atoms with Crippen LogP contribution in [0.1, 0.15) is 6.42 Å². The molecule has 1 heterocycles. The van der Waals surface area contributed by atoms with Gasteiger partial charge in [0.1, 0.15) is 0 Å². The van der Waals surface area contributed by atoms with Crippen molar-refractivity contribution in [2.45, 2.75) is 6.42 Å². The third kappa shape index (κ3) is 3.12. The third-order valence-corrected chi connectivity index (χ3v) is 2.37. The molecule has 14 heavy (non-hydrogen) atoms. The third-order valence-electron chi connectivity index (χ3n) is 2.37. The first-order valence-electron chi connectivity index (χ1n) is 5.00. The summed E-state index contributed by atoms with van der Waals surface area (Å²) in [6.07, 6.45) is 2.87. The highest BCUT2D eigenvalue weighted by atomic mass is 16.3. The Morgan fingerprint density at radius 3 is 2.71 bits per heavy atom. The van der Waals surface area contributed by atoms with E-state index in [-0.39, 0.29) is 12.5 Å². The van der Waals surface area contributed by atoms with Crippen LogP contribution in [0.15, 0.2) is 12.7 Å². The van der Waals surface area contributed by atoms with E-state index in [2.05, 4.69) is 6.58 Å². The van der Waals surface area contributed by atoms with Crippen molar-refractivity contribution in [3.05, 3.63) is 12.7 Å². The Kier molecular flexibility index (Phi) is 4.62. The minimum atomic E-state index is 0.0844. The summed E-state index contributed by atoms with van der Waals surface area (Å²) in [5, 5.41) is 8.79. The molecule has 1 saturated heterocycles. The minimum absolute atomic E-state index is 0.0844. The molecule has 0 aromatic rings. The Hall–Kier alpha value is -0.870. The fraction of sp³-hybridized carbons (Fsp3) is 0.700. The highest BCUT2D eigenvalue weighted by Gasteiger charge is 2.21. The first-order valence-corrected chi connectivity index (χ1v) is 5.00. The summed E-state index contributed by atoms with van der Waals surface area (Å²) in [6.45, 7) is 7.06. The largest absolute Gasteiger partial charge is 0.395 e. The zero-order valence-corrected chi connectivity index (χ0v) is 8.48. The summed E-state index contributed by atoms with van der Waals surface area (Å²) in [5.74, 6) is 0.159. The van der Waals surface area contributed by atoms with Crippen molar-refractivity contribution in [2.75, 3.05) is 39.3 Å². The van der Waals surface area contributed by atoms with Crippen LogP contribution in [0.4, 0.5) is 0 Å². The highest BCUT2D eigenvalue weighted by Crippen LogP contribution is 2.06. The van der Waals surface area contributed by atoms with Gasteiger partial charge in [-0.25, -0.2) is 0 Å². The lowest BCUT2D eigenvalue weighted by molar-refractivity contribution is -0.135. The number of amides is 1. The molecule has 1 rings (SSSR count). The van der Waals surface area contributed by atoms with E-state index in [1.54, 1.807) is 6.08 Å². The van der Waals surface area contributed by atoms with Gasteiger partial charge in [0.2, 0.25) is 5.91 Å². The van der Waals surface area contributed by atoms with Crippen LogP contribution in [0.5, 0.6) is 0 Å². The Labute approximate surface area is 84.8 Å². The second kappa shape index (κ2) is 5.78. The van der Waals surface area contributed by atoms with Crippen LogP contribution in [0.2, 0.25) is 0 Å². The molecule has 4 nitrogen and oxygen atoms in total. The number of hydrogen-bond donors (Lipinski definition) is 1. The van der Waals surface area contributed by atoms with E-state index in [4.69, 9.17) is 5.11 Å². The van der Waals surface area contributed by atoms with Crippen molar-refractivity contribution in [3.63, 3.8) is 0 Å². The van der Waals surface area contributed by atoms with Crippen LogP contribution in [-0.4, -0.2) is 60.1 Å². The van der Waals surface area contributed by atoms with Gasteiger partial charge in [-0.1, -0.05) is 6.08 Å². The molecule has 80 valence electrons. The lowest BCUT2D eigenvalue weighted by Gasteiger charge is -2.32. The molecular weight excluding hydrogens is 180 g/mol. The van der Waals surface area contributed by atoms with Crippen LogP contribution >= 0.6 is 0 Å². The van der Waals surface area contributed by atoms with Crippen LogP contribution in [0.3, 0.4) is 0 Å². The molecular formula is C10H18N2O2. The van der Waals surface area contributed by atoms with E-state index in [1.165, 1.54) is 0 Å². The molecule has 1 N–H and O–H groups in total. The quantitative estimate of drug-likeness (QED) is 0.596. The average Bonchev–Trinajstić information content (AvgIpc) is 2.01. The van der Waals surface area contributed by atoms with E-state index in [1.807, 2.05) is 9.80 Å². The monoisotopic (exact) mass is 198 g/mol. The lowest BCUT2D eigenvalue weighted by atomic mass is 10.2. The zero-order chi connectivity index (χ0) is 10.4. The smallest absolute Gasteiger partial charge is 0.236 e. The van der Waals surface area contributed by atoms with Gasteiger partial charge >= 0.3 is 0 Å². The van der Waals surface area contributed by atoms with Crippen LogP contribution < -0.4 is 0 Å². The number of rotatable bonds is 6. The van der Waals surface area contributed by atoms with E-state index in [0.717, 1.165) is 19.5 Å². The van der Waals surface area contributed by atoms with Crippen LogP contribution in [0, 0.1) is 0 Å². The predicted octanol–water partition coefficient (Wildman–Crippen LogP) is -0.301. The molecule has 4 heteroatoms. The number of carbonyl (C=O) groups is 1.